The maximum atomic E-state index is 12.6. The average Bonchev–Trinajstić information content (AvgIpc) is 2.66. The number of ether oxygens (including phenoxy) is 2. The van der Waals surface area contributed by atoms with Gasteiger partial charge in [0, 0.05) is 18.7 Å². The molecule has 1 atom stereocenters. The first kappa shape index (κ1) is 20.7. The van der Waals surface area contributed by atoms with E-state index in [-0.39, 0.29) is 11.8 Å². The van der Waals surface area contributed by atoms with Crippen LogP contribution >= 0.6 is 11.6 Å². The van der Waals surface area contributed by atoms with Crippen molar-refractivity contribution in [2.45, 2.75) is 19.4 Å². The highest BCUT2D eigenvalue weighted by Crippen LogP contribution is 2.21. The van der Waals surface area contributed by atoms with Gasteiger partial charge in [0.2, 0.25) is 0 Å². The molecule has 0 aliphatic heterocycles. The predicted molar refractivity (Wildman–Crippen MR) is 105 cm³/mol. The molecule has 6 nitrogen and oxygen atoms in total. The third-order valence-electron chi connectivity index (χ3n) is 3.76. The number of hydrogen-bond donors (Lipinski definition) is 2. The van der Waals surface area contributed by atoms with Crippen LogP contribution < -0.4 is 15.4 Å². The summed E-state index contributed by atoms with van der Waals surface area (Å²) in [5, 5.41) is 6.05. The lowest BCUT2D eigenvalue weighted by Crippen LogP contribution is -2.34. The molecular weight excluding hydrogens is 368 g/mol. The summed E-state index contributed by atoms with van der Waals surface area (Å²) in [6.07, 6.45) is -0.256. The summed E-state index contributed by atoms with van der Waals surface area (Å²) < 4.78 is 10.7. The summed E-state index contributed by atoms with van der Waals surface area (Å²) in [6, 6.07) is 13.7. The van der Waals surface area contributed by atoms with Gasteiger partial charge in [0.05, 0.1) is 17.9 Å². The van der Waals surface area contributed by atoms with Gasteiger partial charge in [-0.15, -0.1) is 0 Å². The fraction of sp³-hybridized carbons (Fsp3) is 0.300. The van der Waals surface area contributed by atoms with Crippen LogP contribution in [0.1, 0.15) is 23.7 Å². The minimum Gasteiger partial charge on any atom is -0.481 e. The first-order valence-electron chi connectivity index (χ1n) is 8.64. The number of carbonyl (C=O) groups is 2. The number of carbonyl (C=O) groups excluding carboxylic acids is 2. The number of methoxy groups -OCH3 is 1. The molecule has 2 amide bonds. The van der Waals surface area contributed by atoms with E-state index in [2.05, 4.69) is 10.6 Å². The van der Waals surface area contributed by atoms with Crippen LogP contribution in [0.2, 0.25) is 5.02 Å². The fourth-order valence-corrected chi connectivity index (χ4v) is 2.57. The van der Waals surface area contributed by atoms with Crippen LogP contribution in [0.3, 0.4) is 0 Å². The molecule has 0 bridgehead atoms. The van der Waals surface area contributed by atoms with Crippen LogP contribution in [0, 0.1) is 0 Å². The second-order valence-electron chi connectivity index (χ2n) is 5.76. The van der Waals surface area contributed by atoms with E-state index >= 15 is 0 Å². The van der Waals surface area contributed by atoms with Crippen molar-refractivity contribution < 1.29 is 19.1 Å². The lowest BCUT2D eigenvalue weighted by molar-refractivity contribution is -0.122. The van der Waals surface area contributed by atoms with Gasteiger partial charge < -0.3 is 20.1 Å². The Morgan fingerprint density at radius 1 is 1.15 bits per heavy atom. The number of halogens is 1. The zero-order valence-electron chi connectivity index (χ0n) is 15.3. The Morgan fingerprint density at radius 3 is 2.63 bits per heavy atom. The summed E-state index contributed by atoms with van der Waals surface area (Å²) in [6.45, 7) is 2.64. The van der Waals surface area contributed by atoms with E-state index < -0.39 is 6.10 Å². The van der Waals surface area contributed by atoms with Crippen molar-refractivity contribution in [3.05, 3.63) is 59.1 Å². The van der Waals surface area contributed by atoms with Crippen LogP contribution in [0.25, 0.3) is 0 Å². The van der Waals surface area contributed by atoms with E-state index in [0.717, 1.165) is 0 Å². The van der Waals surface area contributed by atoms with Gasteiger partial charge in [-0.2, -0.15) is 0 Å². The standard InChI is InChI=1S/C20H23ClN2O4/c1-3-18(27-15-8-6-7-14(21)13-15)20(25)23-17-10-5-4-9-16(17)19(24)22-11-12-26-2/h4-10,13,18H,3,11-12H2,1-2H3,(H,22,24)(H,23,25). The molecule has 0 heterocycles. The summed E-state index contributed by atoms with van der Waals surface area (Å²) in [4.78, 5) is 25.0. The molecule has 0 aromatic heterocycles. The molecule has 0 saturated heterocycles. The Kier molecular flexibility index (Phi) is 8.10. The third-order valence-corrected chi connectivity index (χ3v) is 3.99. The van der Waals surface area contributed by atoms with Gasteiger partial charge in [-0.1, -0.05) is 36.7 Å². The number of hydrogen-bond acceptors (Lipinski definition) is 4. The second-order valence-corrected chi connectivity index (χ2v) is 6.19. The maximum absolute atomic E-state index is 12.6. The highest BCUT2D eigenvalue weighted by Gasteiger charge is 2.21. The van der Waals surface area contributed by atoms with Gasteiger partial charge in [-0.25, -0.2) is 0 Å². The highest BCUT2D eigenvalue weighted by molar-refractivity contribution is 6.30. The van der Waals surface area contributed by atoms with E-state index in [1.165, 1.54) is 0 Å². The summed E-state index contributed by atoms with van der Waals surface area (Å²) in [7, 11) is 1.56. The smallest absolute Gasteiger partial charge is 0.265 e. The topological polar surface area (TPSA) is 76.7 Å². The predicted octanol–water partition coefficient (Wildman–Crippen LogP) is 3.51. The zero-order valence-corrected chi connectivity index (χ0v) is 16.1. The van der Waals surface area contributed by atoms with Gasteiger partial charge in [-0.3, -0.25) is 9.59 Å². The molecule has 0 fully saturated rings. The van der Waals surface area contributed by atoms with Crippen molar-refractivity contribution in [3.63, 3.8) is 0 Å². The number of rotatable bonds is 9. The first-order valence-corrected chi connectivity index (χ1v) is 9.02. The quantitative estimate of drug-likeness (QED) is 0.642. The van der Waals surface area contributed by atoms with E-state index in [9.17, 15) is 9.59 Å². The molecule has 0 radical (unpaired) electrons. The summed E-state index contributed by atoms with van der Waals surface area (Å²) in [5.74, 6) is -0.114. The molecule has 0 aliphatic carbocycles. The minimum absolute atomic E-state index is 0.285. The second kappa shape index (κ2) is 10.5. The Bertz CT molecular complexity index is 782. The van der Waals surface area contributed by atoms with Crippen molar-refractivity contribution in [3.8, 4) is 5.75 Å². The normalized spacial score (nSPS) is 11.5. The van der Waals surface area contributed by atoms with Gasteiger partial charge in [0.25, 0.3) is 11.8 Å². The van der Waals surface area contributed by atoms with Gasteiger partial charge >= 0.3 is 0 Å². The van der Waals surface area contributed by atoms with Crippen LogP contribution in [0.5, 0.6) is 5.75 Å². The van der Waals surface area contributed by atoms with Crippen molar-refractivity contribution >= 4 is 29.1 Å². The molecule has 27 heavy (non-hydrogen) atoms. The Hall–Kier alpha value is -2.57. The zero-order chi connectivity index (χ0) is 19.6. The van der Waals surface area contributed by atoms with Gasteiger partial charge in [0.1, 0.15) is 5.75 Å². The Labute approximate surface area is 163 Å². The monoisotopic (exact) mass is 390 g/mol. The molecule has 1 unspecified atom stereocenters. The molecule has 2 rings (SSSR count). The molecule has 2 aromatic rings. The molecule has 2 N–H and O–H groups in total. The highest BCUT2D eigenvalue weighted by atomic mass is 35.5. The Morgan fingerprint density at radius 2 is 1.93 bits per heavy atom. The average molecular weight is 391 g/mol. The Balaban J connectivity index is 2.08. The summed E-state index contributed by atoms with van der Waals surface area (Å²) >= 11 is 5.95. The molecule has 2 aromatic carbocycles. The van der Waals surface area contributed by atoms with Crippen molar-refractivity contribution in [2.75, 3.05) is 25.6 Å². The van der Waals surface area contributed by atoms with Crippen molar-refractivity contribution in [1.82, 2.24) is 5.32 Å². The lowest BCUT2D eigenvalue weighted by atomic mass is 10.1. The van der Waals surface area contributed by atoms with Crippen LogP contribution in [-0.4, -0.2) is 38.2 Å². The molecule has 144 valence electrons. The molecule has 0 aliphatic rings. The molecule has 0 saturated carbocycles. The van der Waals surface area contributed by atoms with Gasteiger partial charge in [-0.05, 0) is 36.8 Å². The van der Waals surface area contributed by atoms with E-state index in [1.54, 1.807) is 55.6 Å². The number of nitrogens with one attached hydrogen (secondary N) is 2. The van der Waals surface area contributed by atoms with Crippen LogP contribution in [0.4, 0.5) is 5.69 Å². The van der Waals surface area contributed by atoms with Crippen molar-refractivity contribution in [1.29, 1.82) is 0 Å². The van der Waals surface area contributed by atoms with Crippen molar-refractivity contribution in [2.24, 2.45) is 0 Å². The molecule has 7 heteroatoms. The van der Waals surface area contributed by atoms with Gasteiger partial charge in [0.15, 0.2) is 6.10 Å². The van der Waals surface area contributed by atoms with E-state index in [4.69, 9.17) is 21.1 Å². The van der Waals surface area contributed by atoms with E-state index in [1.807, 2.05) is 6.92 Å². The number of para-hydroxylation sites is 1. The lowest BCUT2D eigenvalue weighted by Gasteiger charge is -2.18. The number of amides is 2. The summed E-state index contributed by atoms with van der Waals surface area (Å²) in [5.41, 5.74) is 0.796. The largest absolute Gasteiger partial charge is 0.481 e. The van der Waals surface area contributed by atoms with Crippen LogP contribution in [0.15, 0.2) is 48.5 Å². The SMILES string of the molecule is CCC(Oc1cccc(Cl)c1)C(=O)Nc1ccccc1C(=O)NCCOC. The first-order chi connectivity index (χ1) is 13.0. The molecule has 0 spiro atoms. The third kappa shape index (κ3) is 6.27. The molecular formula is C20H23ClN2O4. The fourth-order valence-electron chi connectivity index (χ4n) is 2.39. The van der Waals surface area contributed by atoms with Crippen LogP contribution in [-0.2, 0) is 9.53 Å². The van der Waals surface area contributed by atoms with E-state index in [0.29, 0.717) is 41.6 Å². The minimum atomic E-state index is -0.715. The number of anilines is 1. The number of benzene rings is 2. The maximum Gasteiger partial charge on any atom is 0.265 e.